The molecule has 1 aromatic heterocycles. The van der Waals surface area contributed by atoms with E-state index < -0.39 is 83.9 Å². The average Bonchev–Trinajstić information content (AvgIpc) is 3.39. The summed E-state index contributed by atoms with van der Waals surface area (Å²) in [5.74, 6) is -7.92. The second-order valence-electron chi connectivity index (χ2n) is 21.7. The summed E-state index contributed by atoms with van der Waals surface area (Å²) in [7, 11) is 2.93. The van der Waals surface area contributed by atoms with Crippen molar-refractivity contribution in [3.63, 3.8) is 0 Å². The SMILES string of the molecule is CO[C@@H]1C[C@H](C[C@@H](C)[C@@H]2CC(=O)[C@H](C)/C=C(\C)[C@@H](O)[C@@H](OC)C(=O)[C@H](C)C[C@H](C)/C=C/C=C/C=C(\C)[C@@H](OCc3ccc(OCCO)cn3)C[C@@H]3CC[C@@H](C)[C@@](O)(O3)C(=O)C(=O)N3CCCC[C@H]3C(=O)O2)CC[C@H]1O. The van der Waals surface area contributed by atoms with Crippen molar-refractivity contribution in [1.29, 1.82) is 0 Å². The van der Waals surface area contributed by atoms with E-state index in [2.05, 4.69) is 4.98 Å². The predicted octanol–water partition coefficient (Wildman–Crippen LogP) is 6.52. The molecule has 1 aliphatic carbocycles. The zero-order valence-corrected chi connectivity index (χ0v) is 45.8. The minimum atomic E-state index is -2.51. The van der Waals surface area contributed by atoms with E-state index in [-0.39, 0.29) is 81.1 Å². The lowest BCUT2D eigenvalue weighted by atomic mass is 9.78. The third kappa shape index (κ3) is 17.0. The number of nitrogens with zero attached hydrogens (tertiary/aromatic N) is 2. The van der Waals surface area contributed by atoms with Gasteiger partial charge in [0, 0.05) is 51.4 Å². The van der Waals surface area contributed by atoms with Gasteiger partial charge < -0.3 is 53.7 Å². The molecule has 1 saturated carbocycles. The highest BCUT2D eigenvalue weighted by Gasteiger charge is 2.53. The first kappa shape index (κ1) is 61.4. The van der Waals surface area contributed by atoms with Gasteiger partial charge in [-0.05, 0) is 119 Å². The molecular weight excluding hydrogens is 965 g/mol. The fourth-order valence-electron chi connectivity index (χ4n) is 11.0. The molecule has 4 aliphatic rings. The van der Waals surface area contributed by atoms with Crippen LogP contribution < -0.4 is 4.74 Å². The number of aliphatic hydroxyl groups excluding tert-OH is 3. The largest absolute Gasteiger partial charge is 0.490 e. The Labute approximate surface area is 444 Å². The number of piperidine rings is 1. The minimum Gasteiger partial charge on any atom is -0.490 e. The van der Waals surface area contributed by atoms with Crippen molar-refractivity contribution >= 4 is 29.2 Å². The summed E-state index contributed by atoms with van der Waals surface area (Å²) < 4.78 is 35.7. The first-order chi connectivity index (χ1) is 35.7. The zero-order valence-electron chi connectivity index (χ0n) is 45.8. The third-order valence-electron chi connectivity index (χ3n) is 15.8. The summed E-state index contributed by atoms with van der Waals surface area (Å²) in [6.07, 6.45) is 11.8. The number of allylic oxidation sites excluding steroid dienone is 6. The van der Waals surface area contributed by atoms with E-state index in [0.717, 1.165) is 5.57 Å². The number of pyridine rings is 1. The Morgan fingerprint density at radius 3 is 2.35 bits per heavy atom. The monoisotopic (exact) mass is 1050 g/mol. The molecule has 17 heteroatoms. The number of hydrogen-bond donors (Lipinski definition) is 4. The summed E-state index contributed by atoms with van der Waals surface area (Å²) in [6, 6.07) is 2.30. The van der Waals surface area contributed by atoms with Crippen LogP contribution >= 0.6 is 0 Å². The van der Waals surface area contributed by atoms with Gasteiger partial charge in [-0.15, -0.1) is 0 Å². The van der Waals surface area contributed by atoms with Crippen molar-refractivity contribution in [3.05, 3.63) is 71.6 Å². The fourth-order valence-corrected chi connectivity index (χ4v) is 11.0. The number of aliphatic hydroxyl groups is 4. The standard InChI is InChI=1S/C58H86N2O15/c1-35-15-11-10-12-16-36(2)49(73-34-43-20-22-45(33-59-43)72-26-25-61)31-44-21-18-41(7)58(69,75-44)55(66)56(67)60-24-14-13-17-46(60)57(68)74-50(38(4)29-42-19-23-47(62)51(30-42)70-8)32-48(63)37(3)28-40(6)53(65)54(71-9)52(64)39(5)27-35/h10-12,15-16,20,22,28,33,35,37-39,41-42,44,46-47,49-51,53-54,61-62,65,69H,13-14,17-19,21,23-27,29-32,34H2,1-9H3/b12-10+,15-11+,36-16+,40-28+/t35-,37-,38-,39-,41-,42+,44+,46+,47-,49+,50+,51-,53-,54+,58-/m1/s1. The van der Waals surface area contributed by atoms with Gasteiger partial charge in [0.25, 0.3) is 11.7 Å². The highest BCUT2D eigenvalue weighted by atomic mass is 16.6. The lowest BCUT2D eigenvalue weighted by Gasteiger charge is -2.43. The molecule has 4 heterocycles. The smallest absolute Gasteiger partial charge is 0.329 e. The Kier molecular flexibility index (Phi) is 24.0. The van der Waals surface area contributed by atoms with E-state index in [0.29, 0.717) is 74.8 Å². The van der Waals surface area contributed by atoms with Gasteiger partial charge >= 0.3 is 5.97 Å². The van der Waals surface area contributed by atoms with Crippen LogP contribution in [0.4, 0.5) is 0 Å². The minimum absolute atomic E-state index is 0.0295. The molecule has 1 amide bonds. The predicted molar refractivity (Wildman–Crippen MR) is 280 cm³/mol. The number of Topliss-reactive ketones (excluding diaryl/α,β-unsaturated/α-hetero) is 3. The Balaban J connectivity index is 1.48. The molecule has 1 aromatic rings. The molecule has 0 spiro atoms. The summed E-state index contributed by atoms with van der Waals surface area (Å²) >= 11 is 0. The number of ketones is 3. The van der Waals surface area contributed by atoms with E-state index in [1.807, 2.05) is 51.2 Å². The third-order valence-corrected chi connectivity index (χ3v) is 15.8. The normalized spacial score (nSPS) is 36.5. The van der Waals surface area contributed by atoms with Crippen LogP contribution in [0, 0.1) is 35.5 Å². The van der Waals surface area contributed by atoms with E-state index in [9.17, 15) is 39.3 Å². The molecule has 0 radical (unpaired) electrons. The van der Waals surface area contributed by atoms with Gasteiger partial charge in [-0.2, -0.15) is 0 Å². The number of ether oxygens (including phenoxy) is 6. The van der Waals surface area contributed by atoms with Crippen LogP contribution in [0.25, 0.3) is 0 Å². The molecule has 0 aromatic carbocycles. The molecule has 2 saturated heterocycles. The lowest BCUT2D eigenvalue weighted by Crippen LogP contribution is -2.61. The van der Waals surface area contributed by atoms with Crippen LogP contribution in [0.2, 0.25) is 0 Å². The molecular formula is C58H86N2O15. The number of methoxy groups -OCH3 is 2. The topological polar surface area (TPSA) is 238 Å². The molecule has 5 rings (SSSR count). The van der Waals surface area contributed by atoms with Crippen molar-refractivity contribution in [2.45, 2.75) is 187 Å². The molecule has 4 N–H and O–H groups in total. The van der Waals surface area contributed by atoms with Crippen molar-refractivity contribution in [2.24, 2.45) is 35.5 Å². The Morgan fingerprint density at radius 2 is 1.65 bits per heavy atom. The van der Waals surface area contributed by atoms with Crippen molar-refractivity contribution in [1.82, 2.24) is 9.88 Å². The van der Waals surface area contributed by atoms with Gasteiger partial charge in [0.2, 0.25) is 5.79 Å². The number of fused-ring (bicyclic) bond motifs is 3. The second kappa shape index (κ2) is 29.3. The Hall–Kier alpha value is -4.46. The van der Waals surface area contributed by atoms with Crippen LogP contribution in [-0.2, 0) is 54.3 Å². The molecule has 15 atom stereocenters. The summed E-state index contributed by atoms with van der Waals surface area (Å²) in [6.45, 7) is 12.7. The van der Waals surface area contributed by atoms with Gasteiger partial charge in [-0.1, -0.05) is 71.1 Å². The van der Waals surface area contributed by atoms with E-state index in [1.165, 1.54) is 12.0 Å². The molecule has 17 nitrogen and oxygen atoms in total. The molecule has 418 valence electrons. The fraction of sp³-hybridized carbons (Fsp3) is 0.690. The number of rotatable bonds is 11. The first-order valence-corrected chi connectivity index (χ1v) is 27.1. The second-order valence-corrected chi connectivity index (χ2v) is 21.7. The number of cyclic esters (lactones) is 1. The van der Waals surface area contributed by atoms with Crippen LogP contribution in [0.5, 0.6) is 5.75 Å². The number of hydrogen-bond acceptors (Lipinski definition) is 16. The maximum absolute atomic E-state index is 14.5. The molecule has 3 aliphatic heterocycles. The summed E-state index contributed by atoms with van der Waals surface area (Å²) in [5, 5.41) is 43.4. The molecule has 75 heavy (non-hydrogen) atoms. The van der Waals surface area contributed by atoms with E-state index >= 15 is 0 Å². The molecule has 2 bridgehead atoms. The number of aromatic nitrogens is 1. The van der Waals surface area contributed by atoms with Crippen LogP contribution in [0.3, 0.4) is 0 Å². The average molecular weight is 1050 g/mol. The summed E-state index contributed by atoms with van der Waals surface area (Å²) in [4.78, 5) is 77.2. The summed E-state index contributed by atoms with van der Waals surface area (Å²) in [5.41, 5.74) is 1.78. The number of esters is 1. The quantitative estimate of drug-likeness (QED) is 0.105. The zero-order chi connectivity index (χ0) is 55.0. The van der Waals surface area contributed by atoms with Gasteiger partial charge in [0.05, 0.1) is 49.5 Å². The molecule has 0 unspecified atom stereocenters. The van der Waals surface area contributed by atoms with E-state index in [1.54, 1.807) is 59.2 Å². The van der Waals surface area contributed by atoms with E-state index in [4.69, 9.17) is 33.5 Å². The van der Waals surface area contributed by atoms with Crippen LogP contribution in [0.15, 0.2) is 65.9 Å². The number of carbonyl (C=O) groups is 5. The first-order valence-electron chi connectivity index (χ1n) is 27.1. The van der Waals surface area contributed by atoms with Crippen molar-refractivity contribution in [2.75, 3.05) is 34.0 Å². The highest BCUT2D eigenvalue weighted by molar-refractivity contribution is 6.39. The van der Waals surface area contributed by atoms with Crippen molar-refractivity contribution in [3.8, 4) is 5.75 Å². The lowest BCUT2D eigenvalue weighted by molar-refractivity contribution is -0.266. The highest BCUT2D eigenvalue weighted by Crippen LogP contribution is 2.38. The number of carbonyl (C=O) groups excluding carboxylic acids is 5. The Morgan fingerprint density at radius 1 is 0.893 bits per heavy atom. The van der Waals surface area contributed by atoms with Gasteiger partial charge in [-0.25, -0.2) is 4.79 Å². The van der Waals surface area contributed by atoms with Crippen LogP contribution in [-0.4, -0.2) is 148 Å². The van der Waals surface area contributed by atoms with Gasteiger partial charge in [0.1, 0.15) is 42.5 Å². The van der Waals surface area contributed by atoms with Crippen molar-refractivity contribution < 1.29 is 72.8 Å². The maximum atomic E-state index is 14.5. The van der Waals surface area contributed by atoms with Crippen LogP contribution in [0.1, 0.15) is 131 Å². The van der Waals surface area contributed by atoms with Gasteiger partial charge in [-0.3, -0.25) is 24.2 Å². The van der Waals surface area contributed by atoms with Gasteiger partial charge in [0.15, 0.2) is 5.78 Å². The number of amides is 1. The maximum Gasteiger partial charge on any atom is 0.329 e. The Bertz CT molecular complexity index is 2180. The molecule has 3 fully saturated rings.